The van der Waals surface area contributed by atoms with Crippen LogP contribution in [0.25, 0.3) is 6.08 Å². The van der Waals surface area contributed by atoms with Gasteiger partial charge in [-0.25, -0.2) is 4.79 Å². The highest BCUT2D eigenvalue weighted by molar-refractivity contribution is 5.98. The smallest absolute Gasteiger partial charge is 0.345 e. The molecule has 0 spiro atoms. The van der Waals surface area contributed by atoms with Gasteiger partial charge in [0.2, 0.25) is 0 Å². The Morgan fingerprint density at radius 3 is 2.12 bits per heavy atom. The van der Waals surface area contributed by atoms with Crippen LogP contribution in [0.5, 0.6) is 0 Å². The largest absolute Gasteiger partial charge is 0.389 e. The summed E-state index contributed by atoms with van der Waals surface area (Å²) in [4.78, 5) is 23.1. The summed E-state index contributed by atoms with van der Waals surface area (Å²) < 4.78 is 4.77. The van der Waals surface area contributed by atoms with Crippen molar-refractivity contribution in [1.29, 1.82) is 0 Å². The first-order valence-electron chi connectivity index (χ1n) is 5.33. The molecule has 1 rings (SSSR count). The summed E-state index contributed by atoms with van der Waals surface area (Å²) in [5, 5.41) is 0. The van der Waals surface area contributed by atoms with Gasteiger partial charge in [0.25, 0.3) is 0 Å². The number of ether oxygens (including phenoxy) is 1. The van der Waals surface area contributed by atoms with E-state index in [0.29, 0.717) is 5.56 Å². The van der Waals surface area contributed by atoms with Crippen LogP contribution >= 0.6 is 0 Å². The minimum absolute atomic E-state index is 0.355. The zero-order valence-corrected chi connectivity index (χ0v) is 10.3. The van der Waals surface area contributed by atoms with Crippen LogP contribution < -0.4 is 0 Å². The van der Waals surface area contributed by atoms with Gasteiger partial charge in [0.05, 0.1) is 11.0 Å². The van der Waals surface area contributed by atoms with Crippen LogP contribution in [0.4, 0.5) is 0 Å². The van der Waals surface area contributed by atoms with E-state index in [1.165, 1.54) is 0 Å². The highest BCUT2D eigenvalue weighted by atomic mass is 16.6. The van der Waals surface area contributed by atoms with Crippen LogP contribution in [0.2, 0.25) is 0 Å². The Bertz CT molecular complexity index is 436. The van der Waals surface area contributed by atoms with Gasteiger partial charge in [-0.2, -0.15) is 0 Å². The fraction of sp³-hybridized carbons (Fsp3) is 0.286. The number of esters is 2. The standard InChI is InChI=1S/C14H16O3/c1-5-10-6-8-11(9-7-10)12(15)17-13(16)14(2,3)4/h5-9H,1H2,2-4H3. The predicted octanol–water partition coefficient (Wildman–Crippen LogP) is 3.06. The number of rotatable bonds is 2. The number of hydrogen-bond acceptors (Lipinski definition) is 3. The average Bonchev–Trinajstić information content (AvgIpc) is 2.27. The topological polar surface area (TPSA) is 43.4 Å². The van der Waals surface area contributed by atoms with Gasteiger partial charge in [0.1, 0.15) is 0 Å². The Morgan fingerprint density at radius 1 is 1.18 bits per heavy atom. The molecule has 0 N–H and O–H groups in total. The van der Waals surface area contributed by atoms with Crippen molar-refractivity contribution in [2.24, 2.45) is 5.41 Å². The number of hydrogen-bond donors (Lipinski definition) is 0. The van der Waals surface area contributed by atoms with Crippen LogP contribution in [0.1, 0.15) is 36.7 Å². The van der Waals surface area contributed by atoms with Gasteiger partial charge >= 0.3 is 11.9 Å². The molecule has 3 nitrogen and oxygen atoms in total. The molecule has 1 aromatic rings. The lowest BCUT2D eigenvalue weighted by Gasteiger charge is -2.15. The van der Waals surface area contributed by atoms with Crippen LogP contribution in [-0.2, 0) is 9.53 Å². The molecule has 17 heavy (non-hydrogen) atoms. The molecule has 0 bridgehead atoms. The summed E-state index contributed by atoms with van der Waals surface area (Å²) in [6, 6.07) is 6.70. The van der Waals surface area contributed by atoms with Gasteiger partial charge in [-0.3, -0.25) is 4.79 Å². The second-order valence-corrected chi connectivity index (χ2v) is 4.75. The van der Waals surface area contributed by atoms with Gasteiger partial charge in [0, 0.05) is 0 Å². The Balaban J connectivity index is 2.77. The quantitative estimate of drug-likeness (QED) is 0.581. The normalized spacial score (nSPS) is 10.8. The fourth-order valence-corrected chi connectivity index (χ4v) is 1.05. The maximum Gasteiger partial charge on any atom is 0.345 e. The summed E-state index contributed by atoms with van der Waals surface area (Å²) in [7, 11) is 0. The van der Waals surface area contributed by atoms with E-state index in [0.717, 1.165) is 5.56 Å². The third-order valence-electron chi connectivity index (χ3n) is 2.18. The molecule has 90 valence electrons. The van der Waals surface area contributed by atoms with Gasteiger partial charge in [0.15, 0.2) is 0 Å². The first kappa shape index (κ1) is 13.2. The van der Waals surface area contributed by atoms with Crippen molar-refractivity contribution in [2.45, 2.75) is 20.8 Å². The number of benzene rings is 1. The maximum atomic E-state index is 11.6. The first-order valence-corrected chi connectivity index (χ1v) is 5.33. The van der Waals surface area contributed by atoms with Crippen molar-refractivity contribution in [2.75, 3.05) is 0 Å². The Kier molecular flexibility index (Phi) is 3.84. The zero-order chi connectivity index (χ0) is 13.1. The Labute approximate surface area is 101 Å². The summed E-state index contributed by atoms with van der Waals surface area (Å²) >= 11 is 0. The fourth-order valence-electron chi connectivity index (χ4n) is 1.05. The average molecular weight is 232 g/mol. The van der Waals surface area contributed by atoms with Gasteiger partial charge in [-0.15, -0.1) is 0 Å². The van der Waals surface area contributed by atoms with E-state index in [4.69, 9.17) is 4.74 Å². The molecular formula is C14H16O3. The molecule has 0 heterocycles. The highest BCUT2D eigenvalue weighted by Crippen LogP contribution is 2.16. The summed E-state index contributed by atoms with van der Waals surface area (Å²) in [5.74, 6) is -1.16. The van der Waals surface area contributed by atoms with E-state index >= 15 is 0 Å². The molecule has 0 fully saturated rings. The molecule has 0 aliphatic rings. The SMILES string of the molecule is C=Cc1ccc(C(=O)OC(=O)C(C)(C)C)cc1. The van der Waals surface area contributed by atoms with Crippen LogP contribution in [0, 0.1) is 5.41 Å². The minimum Gasteiger partial charge on any atom is -0.389 e. The van der Waals surface area contributed by atoms with Crippen LogP contribution in [0.3, 0.4) is 0 Å². The number of carbonyl (C=O) groups excluding carboxylic acids is 2. The molecule has 0 atom stereocenters. The van der Waals surface area contributed by atoms with Crippen molar-refractivity contribution >= 4 is 18.0 Å². The van der Waals surface area contributed by atoms with Crippen LogP contribution in [0.15, 0.2) is 30.8 Å². The van der Waals surface area contributed by atoms with Crippen molar-refractivity contribution in [3.63, 3.8) is 0 Å². The molecule has 0 saturated heterocycles. The monoisotopic (exact) mass is 232 g/mol. The van der Waals surface area contributed by atoms with Gasteiger partial charge in [-0.1, -0.05) is 24.8 Å². The van der Waals surface area contributed by atoms with E-state index < -0.39 is 17.4 Å². The van der Waals surface area contributed by atoms with E-state index in [2.05, 4.69) is 6.58 Å². The Hall–Kier alpha value is -1.90. The minimum atomic E-state index is -0.684. The maximum absolute atomic E-state index is 11.6. The third kappa shape index (κ3) is 3.55. The molecule has 1 aromatic carbocycles. The van der Waals surface area contributed by atoms with Gasteiger partial charge < -0.3 is 4.74 Å². The molecule has 0 saturated carbocycles. The van der Waals surface area contributed by atoms with Crippen LogP contribution in [-0.4, -0.2) is 11.9 Å². The molecule has 0 unspecified atom stereocenters. The highest BCUT2D eigenvalue weighted by Gasteiger charge is 2.26. The van der Waals surface area contributed by atoms with E-state index in [1.54, 1.807) is 51.1 Å². The van der Waals surface area contributed by atoms with Crippen molar-refractivity contribution in [3.05, 3.63) is 42.0 Å². The first-order chi connectivity index (χ1) is 7.84. The van der Waals surface area contributed by atoms with E-state index in [-0.39, 0.29) is 0 Å². The third-order valence-corrected chi connectivity index (χ3v) is 2.18. The van der Waals surface area contributed by atoms with E-state index in [9.17, 15) is 9.59 Å². The molecule has 0 aliphatic heterocycles. The van der Waals surface area contributed by atoms with Crippen molar-refractivity contribution < 1.29 is 14.3 Å². The lowest BCUT2D eigenvalue weighted by atomic mass is 9.97. The second kappa shape index (κ2) is 4.95. The molecule has 0 radical (unpaired) electrons. The lowest BCUT2D eigenvalue weighted by Crippen LogP contribution is -2.25. The van der Waals surface area contributed by atoms with Crippen molar-refractivity contribution in [3.8, 4) is 0 Å². The molecule has 0 aromatic heterocycles. The molecule has 0 aliphatic carbocycles. The van der Waals surface area contributed by atoms with E-state index in [1.807, 2.05) is 0 Å². The summed E-state index contributed by atoms with van der Waals surface area (Å²) in [6.07, 6.45) is 1.68. The summed E-state index contributed by atoms with van der Waals surface area (Å²) in [5.41, 5.74) is 0.577. The molecule has 3 heteroatoms. The van der Waals surface area contributed by atoms with Crippen molar-refractivity contribution in [1.82, 2.24) is 0 Å². The summed E-state index contributed by atoms with van der Waals surface area (Å²) in [6.45, 7) is 8.71. The Morgan fingerprint density at radius 2 is 1.71 bits per heavy atom. The van der Waals surface area contributed by atoms with Gasteiger partial charge in [-0.05, 0) is 38.5 Å². The lowest BCUT2D eigenvalue weighted by molar-refractivity contribution is -0.146. The zero-order valence-electron chi connectivity index (χ0n) is 10.3. The number of carbonyl (C=O) groups is 2. The molecular weight excluding hydrogens is 216 g/mol. The predicted molar refractivity (Wildman–Crippen MR) is 66.4 cm³/mol. The molecule has 0 amide bonds. The second-order valence-electron chi connectivity index (χ2n) is 4.75.